The SMILES string of the molecule is COc1cc(CO)cc(I)c1O[C@H]1C=C(C(=O)NCCO)C[C@@H](N(C(=O)C2CC2)C2CCCCC2)[C@@H]1O. The summed E-state index contributed by atoms with van der Waals surface area (Å²) in [6, 6.07) is 2.87. The molecule has 1 aromatic rings. The second-order valence-electron chi connectivity index (χ2n) is 10.1. The van der Waals surface area contributed by atoms with Gasteiger partial charge in [0.05, 0.1) is 29.9 Å². The zero-order valence-electron chi connectivity index (χ0n) is 21.2. The van der Waals surface area contributed by atoms with E-state index in [9.17, 15) is 24.9 Å². The molecule has 0 saturated heterocycles. The van der Waals surface area contributed by atoms with Gasteiger partial charge in [-0.2, -0.15) is 0 Å². The first kappa shape index (κ1) is 28.1. The van der Waals surface area contributed by atoms with Crippen LogP contribution < -0.4 is 14.8 Å². The van der Waals surface area contributed by atoms with E-state index >= 15 is 0 Å². The fraction of sp³-hybridized carbons (Fsp3) is 0.630. The van der Waals surface area contributed by atoms with E-state index in [0.717, 1.165) is 44.9 Å². The average molecular weight is 629 g/mol. The number of amides is 2. The summed E-state index contributed by atoms with van der Waals surface area (Å²) in [7, 11) is 1.50. The molecule has 3 aliphatic carbocycles. The van der Waals surface area contributed by atoms with Crippen molar-refractivity contribution in [1.29, 1.82) is 0 Å². The maximum Gasteiger partial charge on any atom is 0.247 e. The molecule has 2 saturated carbocycles. The lowest BCUT2D eigenvalue weighted by molar-refractivity contribution is -0.144. The average Bonchev–Trinajstić information content (AvgIpc) is 3.76. The Kier molecular flexibility index (Phi) is 9.71. The lowest BCUT2D eigenvalue weighted by Gasteiger charge is -2.45. The van der Waals surface area contributed by atoms with Gasteiger partial charge in [0.2, 0.25) is 11.8 Å². The van der Waals surface area contributed by atoms with Crippen LogP contribution in [-0.2, 0) is 16.2 Å². The number of hydrogen-bond donors (Lipinski definition) is 4. The van der Waals surface area contributed by atoms with Crippen LogP contribution in [0.1, 0.15) is 56.9 Å². The van der Waals surface area contributed by atoms with Crippen LogP contribution >= 0.6 is 22.6 Å². The van der Waals surface area contributed by atoms with Gasteiger partial charge < -0.3 is 35.0 Å². The molecule has 0 aromatic heterocycles. The van der Waals surface area contributed by atoms with Gasteiger partial charge in [-0.25, -0.2) is 0 Å². The molecule has 2 amide bonds. The fourth-order valence-corrected chi connectivity index (χ4v) is 6.17. The number of nitrogens with one attached hydrogen (secondary N) is 1. The lowest BCUT2D eigenvalue weighted by Crippen LogP contribution is -2.58. The van der Waals surface area contributed by atoms with Crippen molar-refractivity contribution in [2.45, 2.75) is 82.3 Å². The molecule has 2 fully saturated rings. The molecule has 0 bridgehead atoms. The molecule has 4 N–H and O–H groups in total. The van der Waals surface area contributed by atoms with Crippen LogP contribution in [-0.4, -0.2) is 76.6 Å². The molecule has 0 spiro atoms. The molecule has 37 heavy (non-hydrogen) atoms. The molecule has 0 aliphatic heterocycles. The Bertz CT molecular complexity index is 1010. The first-order valence-electron chi connectivity index (χ1n) is 13.1. The number of hydrogen-bond acceptors (Lipinski definition) is 7. The number of methoxy groups -OCH3 is 1. The number of benzene rings is 1. The minimum Gasteiger partial charge on any atom is -0.493 e. The number of carbonyl (C=O) groups is 2. The van der Waals surface area contributed by atoms with E-state index in [4.69, 9.17) is 9.47 Å². The summed E-state index contributed by atoms with van der Waals surface area (Å²) in [5.74, 6) is 0.501. The quantitative estimate of drug-likeness (QED) is 0.293. The molecule has 3 aliphatic rings. The van der Waals surface area contributed by atoms with Gasteiger partial charge in [0.1, 0.15) is 12.2 Å². The zero-order valence-corrected chi connectivity index (χ0v) is 23.4. The van der Waals surface area contributed by atoms with Crippen LogP contribution in [0.3, 0.4) is 0 Å². The Balaban J connectivity index is 1.69. The predicted octanol–water partition coefficient (Wildman–Crippen LogP) is 2.28. The molecule has 10 heteroatoms. The van der Waals surface area contributed by atoms with Crippen molar-refractivity contribution in [3.05, 3.63) is 32.9 Å². The second kappa shape index (κ2) is 12.8. The molecule has 4 rings (SSSR count). The van der Waals surface area contributed by atoms with Gasteiger partial charge in [0.15, 0.2) is 11.5 Å². The molecular weight excluding hydrogens is 591 g/mol. The molecule has 1 aromatic carbocycles. The van der Waals surface area contributed by atoms with Gasteiger partial charge >= 0.3 is 0 Å². The standard InChI is InChI=1S/C27H37IN2O7/c1-36-23-12-16(15-32)11-20(28)25(23)37-22-14-18(26(34)29-9-10-31)13-21(24(22)33)30(27(35)17-7-8-17)19-5-3-2-4-6-19/h11-12,14,17,19,21-22,24,31-33H,2-10,13,15H2,1H3,(H,29,34)/t21-,22+,24+/m1/s1. The van der Waals surface area contributed by atoms with E-state index in [1.165, 1.54) is 7.11 Å². The molecule has 9 nitrogen and oxygen atoms in total. The molecule has 3 atom stereocenters. The van der Waals surface area contributed by atoms with Gasteiger partial charge in [0, 0.05) is 30.5 Å². The highest BCUT2D eigenvalue weighted by Gasteiger charge is 2.46. The largest absolute Gasteiger partial charge is 0.493 e. The monoisotopic (exact) mass is 628 g/mol. The van der Waals surface area contributed by atoms with Gasteiger partial charge in [-0.05, 0) is 72.0 Å². The minimum absolute atomic E-state index is 0.0156. The summed E-state index contributed by atoms with van der Waals surface area (Å²) in [6.07, 6.45) is 6.56. The zero-order chi connectivity index (χ0) is 26.5. The van der Waals surface area contributed by atoms with E-state index < -0.39 is 18.2 Å². The van der Waals surface area contributed by atoms with Crippen LogP contribution in [0.5, 0.6) is 11.5 Å². The third-order valence-electron chi connectivity index (χ3n) is 7.45. The Morgan fingerprint density at radius 1 is 1.14 bits per heavy atom. The van der Waals surface area contributed by atoms with Gasteiger partial charge in [-0.3, -0.25) is 9.59 Å². The molecule has 0 radical (unpaired) electrons. The highest BCUT2D eigenvalue weighted by atomic mass is 127. The summed E-state index contributed by atoms with van der Waals surface area (Å²) in [5.41, 5.74) is 1.08. The predicted molar refractivity (Wildman–Crippen MR) is 145 cm³/mol. The Labute approximate surface area is 231 Å². The third kappa shape index (κ3) is 6.58. The highest BCUT2D eigenvalue weighted by Crippen LogP contribution is 2.40. The van der Waals surface area contributed by atoms with Crippen molar-refractivity contribution >= 4 is 34.4 Å². The number of ether oxygens (including phenoxy) is 2. The molecule has 0 heterocycles. The maximum atomic E-state index is 13.6. The number of rotatable bonds is 10. The first-order chi connectivity index (χ1) is 17.9. The van der Waals surface area contributed by atoms with Crippen LogP contribution in [0.25, 0.3) is 0 Å². The van der Waals surface area contributed by atoms with Crippen LogP contribution in [0, 0.1) is 9.49 Å². The summed E-state index contributed by atoms with van der Waals surface area (Å²) in [5, 5.41) is 33.1. The van der Waals surface area contributed by atoms with Gasteiger partial charge in [-0.1, -0.05) is 19.3 Å². The van der Waals surface area contributed by atoms with E-state index in [-0.39, 0.29) is 50.0 Å². The first-order valence-corrected chi connectivity index (χ1v) is 14.2. The Hall–Kier alpha value is -1.89. The van der Waals surface area contributed by atoms with Crippen molar-refractivity contribution in [3.63, 3.8) is 0 Å². The van der Waals surface area contributed by atoms with E-state index in [1.807, 2.05) is 4.90 Å². The molecule has 0 unspecified atom stereocenters. The van der Waals surface area contributed by atoms with E-state index in [1.54, 1.807) is 18.2 Å². The number of carbonyl (C=O) groups excluding carboxylic acids is 2. The van der Waals surface area contributed by atoms with Gasteiger partial charge in [-0.15, -0.1) is 0 Å². The van der Waals surface area contributed by atoms with E-state index in [2.05, 4.69) is 27.9 Å². The maximum absolute atomic E-state index is 13.6. The normalized spacial score (nSPS) is 24.2. The van der Waals surface area contributed by atoms with Crippen molar-refractivity contribution in [1.82, 2.24) is 10.2 Å². The smallest absolute Gasteiger partial charge is 0.247 e. The number of aliphatic hydroxyl groups excluding tert-OH is 3. The van der Waals surface area contributed by atoms with Crippen LogP contribution in [0.2, 0.25) is 0 Å². The number of aliphatic hydroxyl groups is 3. The van der Waals surface area contributed by atoms with Crippen molar-refractivity contribution in [3.8, 4) is 11.5 Å². The third-order valence-corrected chi connectivity index (χ3v) is 8.25. The van der Waals surface area contributed by atoms with Crippen molar-refractivity contribution in [2.75, 3.05) is 20.3 Å². The molecule has 204 valence electrons. The van der Waals surface area contributed by atoms with Gasteiger partial charge in [0.25, 0.3) is 0 Å². The van der Waals surface area contributed by atoms with Crippen LogP contribution in [0.15, 0.2) is 23.8 Å². The summed E-state index contributed by atoms with van der Waals surface area (Å²) in [4.78, 5) is 28.5. The lowest BCUT2D eigenvalue weighted by atomic mass is 9.85. The van der Waals surface area contributed by atoms with Crippen molar-refractivity contribution in [2.24, 2.45) is 5.92 Å². The minimum atomic E-state index is -1.06. The van der Waals surface area contributed by atoms with Crippen LogP contribution in [0.4, 0.5) is 0 Å². The van der Waals surface area contributed by atoms with E-state index in [0.29, 0.717) is 26.2 Å². The second-order valence-corrected chi connectivity index (χ2v) is 11.3. The Morgan fingerprint density at radius 3 is 2.49 bits per heavy atom. The van der Waals surface area contributed by atoms with Crippen molar-refractivity contribution < 1.29 is 34.4 Å². The number of halogens is 1. The summed E-state index contributed by atoms with van der Waals surface area (Å²) in [6.45, 7) is -0.238. The Morgan fingerprint density at radius 2 is 1.86 bits per heavy atom. The summed E-state index contributed by atoms with van der Waals surface area (Å²) >= 11 is 2.09. The topological polar surface area (TPSA) is 129 Å². The summed E-state index contributed by atoms with van der Waals surface area (Å²) < 4.78 is 12.5. The fourth-order valence-electron chi connectivity index (χ4n) is 5.38. The number of nitrogens with zero attached hydrogens (tertiary/aromatic N) is 1. The molecular formula is C27H37IN2O7. The highest BCUT2D eigenvalue weighted by molar-refractivity contribution is 14.1.